The molecule has 2 aromatic rings. The monoisotopic (exact) mass is 450 g/mol. The van der Waals surface area contributed by atoms with Gasteiger partial charge in [0, 0.05) is 31.0 Å². The van der Waals surface area contributed by atoms with E-state index in [1.54, 1.807) is 11.8 Å². The van der Waals surface area contributed by atoms with Gasteiger partial charge in [0.15, 0.2) is 0 Å². The molecule has 0 heterocycles. The minimum Gasteiger partial charge on any atom is -0.481 e. The number of benzene rings is 2. The van der Waals surface area contributed by atoms with E-state index in [4.69, 9.17) is 9.84 Å². The zero-order chi connectivity index (χ0) is 23.5. The third-order valence-corrected chi connectivity index (χ3v) is 6.72. The van der Waals surface area contributed by atoms with E-state index in [0.29, 0.717) is 19.5 Å². The fraction of sp³-hybridized carbons (Fsp3) is 0.423. The molecule has 0 spiro atoms. The molecule has 0 saturated heterocycles. The Morgan fingerprint density at radius 2 is 1.70 bits per heavy atom. The van der Waals surface area contributed by atoms with Crippen molar-refractivity contribution in [3.8, 4) is 11.1 Å². The molecular formula is C26H30N2O5. The second-order valence-electron chi connectivity index (χ2n) is 8.88. The van der Waals surface area contributed by atoms with Crippen molar-refractivity contribution in [1.29, 1.82) is 0 Å². The fourth-order valence-corrected chi connectivity index (χ4v) is 4.90. The Balaban J connectivity index is 1.27. The Hall–Kier alpha value is -3.35. The van der Waals surface area contributed by atoms with E-state index < -0.39 is 12.1 Å². The molecule has 3 atom stereocenters. The average molecular weight is 451 g/mol. The van der Waals surface area contributed by atoms with Gasteiger partial charge in [-0.15, -0.1) is 0 Å². The number of alkyl carbamates (subject to hydrolysis) is 1. The van der Waals surface area contributed by atoms with E-state index in [9.17, 15) is 14.4 Å². The Kier molecular flexibility index (Phi) is 6.67. The highest BCUT2D eigenvalue weighted by Crippen LogP contribution is 2.44. The summed E-state index contributed by atoms with van der Waals surface area (Å²) in [5, 5.41) is 11.8. The maximum absolute atomic E-state index is 12.7. The van der Waals surface area contributed by atoms with Crippen LogP contribution in [0.25, 0.3) is 11.1 Å². The number of hydrogen-bond donors (Lipinski definition) is 2. The van der Waals surface area contributed by atoms with Crippen molar-refractivity contribution in [2.24, 2.45) is 11.8 Å². The SMILES string of the molecule is CCN(C(=O)[C@@H]1C[C@@H]1CNC(=O)OCC1c2ccccc2-c2ccccc21)C(C)CC(=O)O. The minimum atomic E-state index is -0.919. The number of amides is 2. The molecule has 1 fully saturated rings. The lowest BCUT2D eigenvalue weighted by atomic mass is 9.98. The third kappa shape index (κ3) is 4.87. The maximum atomic E-state index is 12.7. The summed E-state index contributed by atoms with van der Waals surface area (Å²) in [5.74, 6) is -1.06. The van der Waals surface area contributed by atoms with E-state index in [1.165, 1.54) is 11.1 Å². The first kappa shape index (κ1) is 22.8. The predicted octanol–water partition coefficient (Wildman–Crippen LogP) is 3.87. The number of carbonyl (C=O) groups is 3. The van der Waals surface area contributed by atoms with Crippen molar-refractivity contribution in [1.82, 2.24) is 10.2 Å². The molecule has 2 aliphatic carbocycles. The molecule has 2 aromatic carbocycles. The van der Waals surface area contributed by atoms with Crippen molar-refractivity contribution in [3.63, 3.8) is 0 Å². The quantitative estimate of drug-likeness (QED) is 0.605. The van der Waals surface area contributed by atoms with Crippen molar-refractivity contribution in [2.75, 3.05) is 19.7 Å². The standard InChI is InChI=1S/C26H30N2O5/c1-3-28(16(2)12-24(29)30)25(31)22-13-17(22)14-27-26(32)33-15-23-20-10-6-4-8-18(20)19-9-5-7-11-21(19)23/h4-11,16-17,22-23H,3,12-15H2,1-2H3,(H,27,32)(H,29,30)/t16?,17-,22-/m1/s1. The number of aliphatic carboxylic acids is 1. The lowest BCUT2D eigenvalue weighted by Gasteiger charge is -2.27. The predicted molar refractivity (Wildman–Crippen MR) is 124 cm³/mol. The molecule has 2 aliphatic rings. The van der Waals surface area contributed by atoms with Crippen LogP contribution < -0.4 is 5.32 Å². The summed E-state index contributed by atoms with van der Waals surface area (Å²) < 4.78 is 5.55. The molecule has 2 amide bonds. The number of hydrogen-bond acceptors (Lipinski definition) is 4. The van der Waals surface area contributed by atoms with Gasteiger partial charge >= 0.3 is 12.1 Å². The van der Waals surface area contributed by atoms with Gasteiger partial charge in [0.1, 0.15) is 6.61 Å². The molecule has 0 bridgehead atoms. The van der Waals surface area contributed by atoms with Gasteiger partial charge in [0.25, 0.3) is 0 Å². The first-order valence-corrected chi connectivity index (χ1v) is 11.5. The molecule has 174 valence electrons. The van der Waals surface area contributed by atoms with E-state index in [-0.39, 0.29) is 42.7 Å². The van der Waals surface area contributed by atoms with Crippen LogP contribution >= 0.6 is 0 Å². The largest absolute Gasteiger partial charge is 0.481 e. The van der Waals surface area contributed by atoms with E-state index in [1.807, 2.05) is 31.2 Å². The lowest BCUT2D eigenvalue weighted by Crippen LogP contribution is -2.41. The van der Waals surface area contributed by atoms with Crippen molar-refractivity contribution in [3.05, 3.63) is 59.7 Å². The van der Waals surface area contributed by atoms with E-state index in [0.717, 1.165) is 11.1 Å². The van der Waals surface area contributed by atoms with Crippen LogP contribution in [0.5, 0.6) is 0 Å². The number of carboxylic acids is 1. The summed E-state index contributed by atoms with van der Waals surface area (Å²) >= 11 is 0. The molecule has 4 rings (SSSR count). The molecular weight excluding hydrogens is 420 g/mol. The molecule has 7 nitrogen and oxygen atoms in total. The first-order valence-electron chi connectivity index (χ1n) is 11.5. The normalized spacial score (nSPS) is 19.2. The number of ether oxygens (including phenoxy) is 1. The molecule has 1 unspecified atom stereocenters. The number of nitrogens with one attached hydrogen (secondary N) is 1. The summed E-state index contributed by atoms with van der Waals surface area (Å²) in [4.78, 5) is 37.7. The molecule has 1 saturated carbocycles. The van der Waals surface area contributed by atoms with Crippen LogP contribution in [-0.2, 0) is 14.3 Å². The first-order chi connectivity index (χ1) is 15.9. The van der Waals surface area contributed by atoms with E-state index >= 15 is 0 Å². The van der Waals surface area contributed by atoms with Gasteiger partial charge in [-0.25, -0.2) is 4.79 Å². The second kappa shape index (κ2) is 9.65. The van der Waals surface area contributed by atoms with Gasteiger partial charge in [-0.05, 0) is 48.4 Å². The second-order valence-corrected chi connectivity index (χ2v) is 8.88. The van der Waals surface area contributed by atoms with Crippen LogP contribution in [0, 0.1) is 11.8 Å². The van der Waals surface area contributed by atoms with Gasteiger partial charge in [0.05, 0.1) is 6.42 Å². The zero-order valence-electron chi connectivity index (χ0n) is 19.0. The Morgan fingerprint density at radius 1 is 1.09 bits per heavy atom. The summed E-state index contributed by atoms with van der Waals surface area (Å²) in [6, 6.07) is 16.0. The molecule has 33 heavy (non-hydrogen) atoms. The van der Waals surface area contributed by atoms with Gasteiger partial charge in [-0.2, -0.15) is 0 Å². The maximum Gasteiger partial charge on any atom is 0.407 e. The van der Waals surface area contributed by atoms with Crippen molar-refractivity contribution < 1.29 is 24.2 Å². The van der Waals surface area contributed by atoms with Crippen molar-refractivity contribution >= 4 is 18.0 Å². The molecule has 2 N–H and O–H groups in total. The number of rotatable bonds is 9. The summed E-state index contributed by atoms with van der Waals surface area (Å²) in [6.07, 6.45) is 0.134. The molecule has 0 aromatic heterocycles. The summed E-state index contributed by atoms with van der Waals surface area (Å²) in [7, 11) is 0. The fourth-order valence-electron chi connectivity index (χ4n) is 4.90. The highest BCUT2D eigenvalue weighted by molar-refractivity contribution is 5.83. The van der Waals surface area contributed by atoms with Crippen LogP contribution in [0.2, 0.25) is 0 Å². The van der Waals surface area contributed by atoms with Crippen LogP contribution in [0.15, 0.2) is 48.5 Å². The molecule has 0 aliphatic heterocycles. The van der Waals surface area contributed by atoms with Crippen LogP contribution in [0.1, 0.15) is 43.7 Å². The van der Waals surface area contributed by atoms with Crippen LogP contribution in [-0.4, -0.2) is 53.7 Å². The zero-order valence-corrected chi connectivity index (χ0v) is 19.0. The van der Waals surface area contributed by atoms with Crippen LogP contribution in [0.4, 0.5) is 4.79 Å². The number of nitrogens with zero attached hydrogens (tertiary/aromatic N) is 1. The smallest absolute Gasteiger partial charge is 0.407 e. The highest BCUT2D eigenvalue weighted by atomic mass is 16.5. The molecule has 7 heteroatoms. The van der Waals surface area contributed by atoms with Gasteiger partial charge in [0.2, 0.25) is 5.91 Å². The Morgan fingerprint density at radius 3 is 2.27 bits per heavy atom. The molecule has 0 radical (unpaired) electrons. The number of carboxylic acid groups (broad SMARTS) is 1. The summed E-state index contributed by atoms with van der Waals surface area (Å²) in [6.45, 7) is 4.70. The Bertz CT molecular complexity index is 1010. The topological polar surface area (TPSA) is 95.9 Å². The third-order valence-electron chi connectivity index (χ3n) is 6.72. The average Bonchev–Trinajstić information content (AvgIpc) is 3.51. The van der Waals surface area contributed by atoms with E-state index in [2.05, 4.69) is 29.6 Å². The Labute approximate surface area is 193 Å². The van der Waals surface area contributed by atoms with Crippen molar-refractivity contribution in [2.45, 2.75) is 38.6 Å². The van der Waals surface area contributed by atoms with Gasteiger partial charge in [-0.1, -0.05) is 48.5 Å². The van der Waals surface area contributed by atoms with Crippen LogP contribution in [0.3, 0.4) is 0 Å². The highest BCUT2D eigenvalue weighted by Gasteiger charge is 2.45. The number of carbonyl (C=O) groups excluding carboxylic acids is 2. The van der Waals surface area contributed by atoms with Gasteiger partial charge < -0.3 is 20.1 Å². The number of fused-ring (bicyclic) bond motifs is 3. The lowest BCUT2D eigenvalue weighted by molar-refractivity contribution is -0.141. The van der Waals surface area contributed by atoms with Gasteiger partial charge in [-0.3, -0.25) is 9.59 Å². The minimum absolute atomic E-state index is 0.00670. The summed E-state index contributed by atoms with van der Waals surface area (Å²) in [5.41, 5.74) is 4.68.